The van der Waals surface area contributed by atoms with Gasteiger partial charge in [0.2, 0.25) is 0 Å². The van der Waals surface area contributed by atoms with E-state index in [9.17, 15) is 0 Å². The van der Waals surface area contributed by atoms with Gasteiger partial charge in [0.15, 0.2) is 0 Å². The van der Waals surface area contributed by atoms with Gasteiger partial charge in [-0.25, -0.2) is 0 Å². The Labute approximate surface area is 663 Å². The highest BCUT2D eigenvalue weighted by atomic mass is 14.5. The molecular formula is C103H209N. The molecule has 0 radical (unpaired) electrons. The van der Waals surface area contributed by atoms with E-state index in [1.807, 2.05) is 0 Å². The molecule has 0 spiro atoms. The standard InChI is InChI=1S/C103H209N/c1-83(43-80-104)81-102(39,40)78-76-100(35,36)74-72-98(31,32)70-68-96(27,28)66-64-94(23,24)62-60-92(19,20)58-56-90(15,16)54-52-88(11,12)50-48-86(7,8)46-44-85(5,6)45-47-87(9,10)49-51-89(13,14)53-55-91(17,18)57-59-93(21,22)61-63-95(25,26)65-67-97(29,30)69-71-99(33,34)73-75-101(37,38)77-79-103(41,42)82-84(2,3)4/h83H,43-82,104H2,1-42H3. The van der Waals surface area contributed by atoms with E-state index in [4.69, 9.17) is 5.73 Å². The third kappa shape index (κ3) is 53.1. The van der Waals surface area contributed by atoms with Crippen molar-refractivity contribution in [1.29, 1.82) is 0 Å². The van der Waals surface area contributed by atoms with E-state index < -0.39 is 0 Å². The fraction of sp³-hybridized carbons (Fsp3) is 1.00. The van der Waals surface area contributed by atoms with E-state index in [-0.39, 0.29) is 0 Å². The highest BCUT2D eigenvalue weighted by Gasteiger charge is 2.38. The highest BCUT2D eigenvalue weighted by molar-refractivity contribution is 4.90. The zero-order valence-electron chi connectivity index (χ0n) is 81.4. The topological polar surface area (TPSA) is 26.0 Å². The van der Waals surface area contributed by atoms with Crippen LogP contribution in [0.2, 0.25) is 0 Å². The highest BCUT2D eigenvalue weighted by Crippen LogP contribution is 2.51. The monoisotopic (exact) mass is 1460 g/mol. The van der Waals surface area contributed by atoms with Crippen LogP contribution in [0.3, 0.4) is 0 Å². The van der Waals surface area contributed by atoms with E-state index in [1.165, 1.54) is 244 Å². The first-order chi connectivity index (χ1) is 45.9. The lowest BCUT2D eigenvalue weighted by molar-refractivity contribution is 0.134. The fourth-order valence-electron chi connectivity index (χ4n) is 17.3. The van der Waals surface area contributed by atoms with Gasteiger partial charge in [0, 0.05) is 0 Å². The summed E-state index contributed by atoms with van der Waals surface area (Å²) in [5, 5.41) is 0. The summed E-state index contributed by atoms with van der Waals surface area (Å²) < 4.78 is 0. The molecule has 0 heterocycles. The maximum Gasteiger partial charge on any atom is -0.00747 e. The zero-order valence-corrected chi connectivity index (χ0v) is 81.4. The van der Waals surface area contributed by atoms with Gasteiger partial charge in [-0.1, -0.05) is 291 Å². The lowest BCUT2D eigenvalue weighted by Gasteiger charge is -2.38. The Morgan fingerprint density at radius 3 is 0.346 bits per heavy atom. The first-order valence-corrected chi connectivity index (χ1v) is 45.6. The van der Waals surface area contributed by atoms with Crippen molar-refractivity contribution in [2.75, 3.05) is 6.54 Å². The molecule has 2 N–H and O–H groups in total. The van der Waals surface area contributed by atoms with Crippen molar-refractivity contribution in [3.8, 4) is 0 Å². The zero-order chi connectivity index (χ0) is 81.9. The Morgan fingerprint density at radius 2 is 0.250 bits per heavy atom. The predicted molar refractivity (Wildman–Crippen MR) is 480 cm³/mol. The van der Waals surface area contributed by atoms with Crippen LogP contribution >= 0.6 is 0 Å². The van der Waals surface area contributed by atoms with Crippen molar-refractivity contribution >= 4 is 0 Å². The third-order valence-electron chi connectivity index (χ3n) is 29.2. The van der Waals surface area contributed by atoms with Crippen LogP contribution in [0.4, 0.5) is 0 Å². The summed E-state index contributed by atoms with van der Waals surface area (Å²) in [6.45, 7) is 108. The van der Waals surface area contributed by atoms with E-state index >= 15 is 0 Å². The smallest absolute Gasteiger partial charge is 0.00747 e. The van der Waals surface area contributed by atoms with Crippen LogP contribution in [-0.2, 0) is 0 Å². The molecule has 1 nitrogen and oxygen atoms in total. The molecule has 1 heteroatoms. The van der Waals surface area contributed by atoms with Crippen LogP contribution in [0.15, 0.2) is 0 Å². The van der Waals surface area contributed by atoms with Gasteiger partial charge in [-0.2, -0.15) is 0 Å². The second-order valence-corrected chi connectivity index (χ2v) is 54.7. The molecule has 626 valence electrons. The molecule has 0 saturated heterocycles. The molecule has 0 aromatic heterocycles. The van der Waals surface area contributed by atoms with Crippen molar-refractivity contribution < 1.29 is 0 Å². The molecular weight excluding hydrogens is 1250 g/mol. The SMILES string of the molecule is CC(CCN)CC(C)(C)CCC(C)(C)CCC(C)(C)CCC(C)(C)CCC(C)(C)CCC(C)(C)CCC(C)(C)CCC(C)(C)CCC(C)(C)CCC(C)(C)CCC(C)(C)CCC(C)(C)CCC(C)(C)CCC(C)(C)CCC(C)(C)CCC(C)(C)CCC(C)(C)CCC(C)(C)CCC(C)(C)CC(C)(C)C. The Hall–Kier alpha value is -0.0400. The minimum atomic E-state index is 0.380. The summed E-state index contributed by atoms with van der Waals surface area (Å²) in [7, 11) is 0. The van der Waals surface area contributed by atoms with E-state index in [0.717, 1.165) is 18.9 Å². The van der Waals surface area contributed by atoms with Crippen LogP contribution in [-0.4, -0.2) is 6.54 Å². The normalized spacial score (nSPS) is 15.6. The maximum absolute atomic E-state index is 5.90. The lowest BCUT2D eigenvalue weighted by Crippen LogP contribution is -2.26. The van der Waals surface area contributed by atoms with Gasteiger partial charge in [0.25, 0.3) is 0 Å². The van der Waals surface area contributed by atoms with Crippen LogP contribution < -0.4 is 5.73 Å². The summed E-state index contributed by atoms with van der Waals surface area (Å²) in [6, 6.07) is 0. The Morgan fingerprint density at radius 1 is 0.154 bits per heavy atom. The Bertz CT molecular complexity index is 2320. The maximum atomic E-state index is 5.90. The summed E-state index contributed by atoms with van der Waals surface area (Å²) in [5.74, 6) is 0.724. The second kappa shape index (κ2) is 40.3. The number of rotatable bonds is 59. The Balaban J connectivity index is 5.01. The van der Waals surface area contributed by atoms with Crippen molar-refractivity contribution in [3.63, 3.8) is 0 Å². The average Bonchev–Trinajstić information content (AvgIpc) is 0.866. The minimum absolute atomic E-state index is 0.380. The van der Waals surface area contributed by atoms with Gasteiger partial charge in [-0.15, -0.1) is 0 Å². The summed E-state index contributed by atoms with van der Waals surface area (Å²) in [5.41, 5.74) is 13.7. The van der Waals surface area contributed by atoms with Gasteiger partial charge >= 0.3 is 0 Å². The molecule has 0 aliphatic carbocycles. The molecule has 104 heavy (non-hydrogen) atoms. The molecule has 0 amide bonds. The first kappa shape index (κ1) is 104. The molecule has 0 aromatic rings. The van der Waals surface area contributed by atoms with Crippen LogP contribution in [0.1, 0.15) is 541 Å². The Kier molecular flexibility index (Phi) is 40.3. The van der Waals surface area contributed by atoms with Crippen molar-refractivity contribution in [2.24, 2.45) is 120 Å². The van der Waals surface area contributed by atoms with Crippen LogP contribution in [0, 0.1) is 114 Å². The summed E-state index contributed by atoms with van der Waals surface area (Å²) in [4.78, 5) is 0. The number of hydrogen-bond donors (Lipinski definition) is 1. The van der Waals surface area contributed by atoms with Crippen LogP contribution in [0.25, 0.3) is 0 Å². The largest absolute Gasteiger partial charge is 0.330 e. The van der Waals surface area contributed by atoms with Crippen molar-refractivity contribution in [3.05, 3.63) is 0 Å². The first-order valence-electron chi connectivity index (χ1n) is 45.6. The molecule has 0 rings (SSSR count). The molecule has 0 aliphatic heterocycles. The fourth-order valence-corrected chi connectivity index (χ4v) is 17.3. The average molecular weight is 1460 g/mol. The van der Waals surface area contributed by atoms with Gasteiger partial charge in [-0.05, 0) is 371 Å². The van der Waals surface area contributed by atoms with Crippen LogP contribution in [0.5, 0.6) is 0 Å². The molecule has 1 unspecified atom stereocenters. The quantitative estimate of drug-likeness (QED) is 0.0645. The van der Waals surface area contributed by atoms with Crippen molar-refractivity contribution in [1.82, 2.24) is 0 Å². The van der Waals surface area contributed by atoms with E-state index in [1.54, 1.807) is 0 Å². The third-order valence-corrected chi connectivity index (χ3v) is 29.2. The van der Waals surface area contributed by atoms with Gasteiger partial charge in [0.1, 0.15) is 0 Å². The predicted octanol–water partition coefficient (Wildman–Crippen LogP) is 36.3. The van der Waals surface area contributed by atoms with Gasteiger partial charge in [0.05, 0.1) is 0 Å². The molecule has 0 aromatic carbocycles. The minimum Gasteiger partial charge on any atom is -0.330 e. The lowest BCUT2D eigenvalue weighted by atomic mass is 9.67. The molecule has 0 aliphatic rings. The van der Waals surface area contributed by atoms with E-state index in [2.05, 4.69) is 291 Å². The molecule has 0 fully saturated rings. The number of nitrogens with two attached hydrogens (primary N) is 1. The van der Waals surface area contributed by atoms with Gasteiger partial charge in [-0.3, -0.25) is 0 Å². The molecule has 0 saturated carbocycles. The second-order valence-electron chi connectivity index (χ2n) is 54.7. The van der Waals surface area contributed by atoms with Gasteiger partial charge < -0.3 is 5.73 Å². The molecule has 1 atom stereocenters. The number of hydrogen-bond acceptors (Lipinski definition) is 1. The molecule has 0 bridgehead atoms. The summed E-state index contributed by atoms with van der Waals surface area (Å²) in [6.07, 6.45) is 51.9. The summed E-state index contributed by atoms with van der Waals surface area (Å²) >= 11 is 0. The van der Waals surface area contributed by atoms with Crippen molar-refractivity contribution in [2.45, 2.75) is 541 Å². The van der Waals surface area contributed by atoms with E-state index in [0.29, 0.717) is 108 Å².